The summed E-state index contributed by atoms with van der Waals surface area (Å²) in [6.45, 7) is 10.9. The summed E-state index contributed by atoms with van der Waals surface area (Å²) in [5, 5.41) is 11.8. The zero-order chi connectivity index (χ0) is 14.9. The van der Waals surface area contributed by atoms with E-state index in [4.69, 9.17) is 0 Å². The van der Waals surface area contributed by atoms with Crippen LogP contribution in [0.15, 0.2) is 0 Å². The van der Waals surface area contributed by atoms with Gasteiger partial charge in [-0.25, -0.2) is 0 Å². The van der Waals surface area contributed by atoms with Gasteiger partial charge in [-0.2, -0.15) is 27.8 Å². The average molecular weight is 362 g/mol. The van der Waals surface area contributed by atoms with Crippen LogP contribution in [0.2, 0.25) is 0 Å². The molecule has 1 aromatic rings. The van der Waals surface area contributed by atoms with Crippen molar-refractivity contribution in [2.24, 2.45) is 0 Å². The quantitative estimate of drug-likeness (QED) is 0.643. The molecule has 1 rings (SSSR count). The molecule has 0 fully saturated rings. The molecule has 0 aliphatic rings. The molecule has 0 bridgehead atoms. The van der Waals surface area contributed by atoms with E-state index in [1.165, 1.54) is 27.8 Å². The summed E-state index contributed by atoms with van der Waals surface area (Å²) >= 11 is 2.02. The van der Waals surface area contributed by atoms with Crippen LogP contribution in [-0.2, 0) is 22.1 Å². The molecule has 0 heterocycles. The summed E-state index contributed by atoms with van der Waals surface area (Å²) in [4.78, 5) is 9.43. The van der Waals surface area contributed by atoms with Crippen molar-refractivity contribution >= 4 is 15.7 Å². The first-order valence-corrected chi connectivity index (χ1v) is 7.60. The van der Waals surface area contributed by atoms with Gasteiger partial charge in [0.15, 0.2) is 0 Å². The molecule has 0 spiro atoms. The van der Waals surface area contributed by atoms with Crippen LogP contribution >= 0.6 is 9.69 Å². The molecule has 0 amide bonds. The normalized spacial score (nSPS) is 8.89. The third-order valence-electron chi connectivity index (χ3n) is 3.13. The minimum atomic E-state index is -1.07. The molecule has 106 valence electrons. The molecular weight excluding hydrogens is 341 g/mol. The predicted octanol–water partition coefficient (Wildman–Crippen LogP) is 1.59. The Labute approximate surface area is 124 Å². The van der Waals surface area contributed by atoms with Gasteiger partial charge >= 0.3 is 27.0 Å². The van der Waals surface area contributed by atoms with Crippen LogP contribution in [0.1, 0.15) is 27.8 Å². The van der Waals surface area contributed by atoms with Crippen molar-refractivity contribution in [3.8, 4) is 0 Å². The second-order valence-electron chi connectivity index (χ2n) is 4.03. The molecular formula is C13H21ClNO2Rh. The van der Waals surface area contributed by atoms with Gasteiger partial charge in [-0.15, -0.1) is 0 Å². The number of hydrogen-bond donors (Lipinski definition) is 1. The second-order valence-corrected chi connectivity index (χ2v) is 4.03. The van der Waals surface area contributed by atoms with Gasteiger partial charge in [-0.3, -0.25) is 0 Å². The Balaban J connectivity index is 0. The molecule has 1 aromatic carbocycles. The number of carboxylic acid groups (broad SMARTS) is 1. The van der Waals surface area contributed by atoms with E-state index >= 15 is 0 Å². The van der Waals surface area contributed by atoms with E-state index in [0.29, 0.717) is 0 Å². The van der Waals surface area contributed by atoms with Gasteiger partial charge in [0.2, 0.25) is 0 Å². The third kappa shape index (κ3) is 6.58. The molecule has 0 radical (unpaired) electrons. The standard InChI is InChI=1S/C10H15.C3H7NO2.ClH.Rh/c1-6-7(2)9(4)10(5)8(6)3;1-4-2-3(5)6;;/h1-5H3;4H,2H2,1H3,(H,5,6);1H;/q-1;;;+3/p-2. The maximum absolute atomic E-state index is 9.43. The number of nitrogens with one attached hydrogen (secondary N) is 1. The summed E-state index contributed by atoms with van der Waals surface area (Å²) in [5.41, 5.74) is 7.34. The molecule has 0 aromatic heterocycles. The summed E-state index contributed by atoms with van der Waals surface area (Å²) in [7, 11) is 6.08. The molecule has 0 saturated heterocycles. The van der Waals surface area contributed by atoms with Gasteiger partial charge in [0.05, 0.1) is 5.97 Å². The zero-order valence-electron chi connectivity index (χ0n) is 11.7. The first kappa shape index (κ1) is 20.0. The summed E-state index contributed by atoms with van der Waals surface area (Å²) in [6.07, 6.45) is 0. The topological polar surface area (TPSA) is 52.2 Å². The number of hydrogen-bond acceptors (Lipinski definition) is 3. The van der Waals surface area contributed by atoms with Crippen LogP contribution in [0.4, 0.5) is 0 Å². The van der Waals surface area contributed by atoms with Crippen LogP contribution < -0.4 is 10.4 Å². The van der Waals surface area contributed by atoms with Gasteiger partial charge in [-0.05, 0) is 7.05 Å². The van der Waals surface area contributed by atoms with Crippen molar-refractivity contribution in [1.29, 1.82) is 0 Å². The first-order chi connectivity index (χ1) is 8.32. The van der Waals surface area contributed by atoms with E-state index in [0.717, 1.165) is 0 Å². The van der Waals surface area contributed by atoms with Gasteiger partial charge in [0.25, 0.3) is 0 Å². The predicted molar refractivity (Wildman–Crippen MR) is 70.5 cm³/mol. The number of carbonyl (C=O) groups excluding carboxylic acids is 1. The monoisotopic (exact) mass is 361 g/mol. The fraction of sp³-hybridized carbons (Fsp3) is 0.538. The van der Waals surface area contributed by atoms with Crippen molar-refractivity contribution in [3.05, 3.63) is 27.8 Å². The molecule has 0 unspecified atom stereocenters. The number of likely N-dealkylation sites (N-methyl/N-ethyl adjacent to an activating group) is 1. The van der Waals surface area contributed by atoms with Crippen molar-refractivity contribution in [2.45, 2.75) is 34.6 Å². The number of aliphatic carboxylic acids is 1. The zero-order valence-corrected chi connectivity index (χ0v) is 14.1. The fourth-order valence-corrected chi connectivity index (χ4v) is 1.55. The van der Waals surface area contributed by atoms with Crippen LogP contribution in [-0.4, -0.2) is 19.6 Å². The number of halogens is 1. The number of carbonyl (C=O) groups is 1. The SMILES string of the molecule is CNCC(=O)[O-].Cc1c(C)c(C)[c-](C)c1C.[Cl][Rh+2]. The van der Waals surface area contributed by atoms with Crippen LogP contribution in [0.5, 0.6) is 0 Å². The summed E-state index contributed by atoms with van der Waals surface area (Å²) < 4.78 is 0. The van der Waals surface area contributed by atoms with E-state index in [2.05, 4.69) is 49.6 Å². The Hall–Kier alpha value is -0.307. The average Bonchev–Trinajstić information content (AvgIpc) is 2.51. The fourth-order valence-electron chi connectivity index (χ4n) is 1.55. The van der Waals surface area contributed by atoms with Gasteiger partial charge in [-0.1, -0.05) is 34.6 Å². The summed E-state index contributed by atoms with van der Waals surface area (Å²) in [5.74, 6) is -1.07. The molecule has 1 N–H and O–H groups in total. The van der Waals surface area contributed by atoms with Crippen LogP contribution in [0, 0.1) is 34.6 Å². The first-order valence-electron chi connectivity index (χ1n) is 5.49. The Morgan fingerprint density at radius 3 is 1.61 bits per heavy atom. The second kappa shape index (κ2) is 10.6. The molecule has 0 atom stereocenters. The van der Waals surface area contributed by atoms with E-state index in [1.54, 1.807) is 7.05 Å². The maximum atomic E-state index is 9.43. The van der Waals surface area contributed by atoms with E-state index in [-0.39, 0.29) is 6.54 Å². The molecule has 0 aliphatic heterocycles. The summed E-state index contributed by atoms with van der Waals surface area (Å²) in [6, 6.07) is 0. The van der Waals surface area contributed by atoms with Gasteiger partial charge < -0.3 is 15.2 Å². The molecule has 0 saturated carbocycles. The molecule has 5 heteroatoms. The van der Waals surface area contributed by atoms with E-state index in [9.17, 15) is 9.90 Å². The Morgan fingerprint density at radius 2 is 1.56 bits per heavy atom. The van der Waals surface area contributed by atoms with Crippen molar-refractivity contribution < 1.29 is 27.2 Å². The number of rotatable bonds is 2. The Morgan fingerprint density at radius 1 is 1.22 bits per heavy atom. The van der Waals surface area contributed by atoms with Crippen LogP contribution in [0.3, 0.4) is 0 Å². The van der Waals surface area contributed by atoms with E-state index < -0.39 is 5.97 Å². The van der Waals surface area contributed by atoms with Gasteiger partial charge in [0, 0.05) is 6.54 Å². The molecule has 18 heavy (non-hydrogen) atoms. The van der Waals surface area contributed by atoms with Crippen LogP contribution in [0.25, 0.3) is 0 Å². The van der Waals surface area contributed by atoms with Crippen molar-refractivity contribution in [1.82, 2.24) is 5.32 Å². The molecule has 3 nitrogen and oxygen atoms in total. The minimum absolute atomic E-state index is 0.0694. The van der Waals surface area contributed by atoms with Crippen molar-refractivity contribution in [2.75, 3.05) is 13.6 Å². The van der Waals surface area contributed by atoms with Gasteiger partial charge in [0.1, 0.15) is 0 Å². The Kier molecular flexibility index (Phi) is 11.8. The van der Waals surface area contributed by atoms with E-state index in [1.807, 2.05) is 17.3 Å². The third-order valence-corrected chi connectivity index (χ3v) is 3.13. The van der Waals surface area contributed by atoms with Crippen molar-refractivity contribution in [3.63, 3.8) is 0 Å². The molecule has 0 aliphatic carbocycles. The number of carboxylic acids is 1. The Bertz CT molecular complexity index is 295.